The van der Waals surface area contributed by atoms with Crippen LogP contribution in [-0.4, -0.2) is 0 Å². The third-order valence-electron chi connectivity index (χ3n) is 1.82. The molecule has 0 aromatic rings. The van der Waals surface area contributed by atoms with Crippen molar-refractivity contribution in [3.63, 3.8) is 0 Å². The van der Waals surface area contributed by atoms with Crippen molar-refractivity contribution >= 4 is 8.46 Å². The topological polar surface area (TPSA) is 17.1 Å². The summed E-state index contributed by atoms with van der Waals surface area (Å²) in [6.45, 7) is 14.9. The Kier molecular flexibility index (Phi) is 4.32. The molecule has 0 amide bonds. The largest absolute Gasteiger partial charge is 0.270 e. The average Bonchev–Trinajstić information content (AvgIpc) is 1.80. The van der Waals surface area contributed by atoms with Crippen molar-refractivity contribution in [1.29, 1.82) is 0 Å². The second-order valence-electron chi connectivity index (χ2n) is 5.74. The first-order valence-electron chi connectivity index (χ1n) is 4.67. The predicted molar refractivity (Wildman–Crippen MR) is 59.2 cm³/mol. The highest BCUT2D eigenvalue weighted by molar-refractivity contribution is 7.29. The molecular weight excluding hydrogens is 179 g/mol. The van der Waals surface area contributed by atoms with Gasteiger partial charge in [0.2, 0.25) is 0 Å². The Labute approximate surface area is 83.8 Å². The van der Waals surface area contributed by atoms with E-state index in [0.717, 1.165) is 18.2 Å². The molecule has 0 fully saturated rings. The molecule has 0 heterocycles. The Morgan fingerprint density at radius 2 is 1.69 bits per heavy atom. The molecule has 0 aromatic carbocycles. The van der Waals surface area contributed by atoms with Gasteiger partial charge in [0.25, 0.3) is 0 Å². The fraction of sp³-hybridized carbons (Fsp3) is 0.818. The highest BCUT2D eigenvalue weighted by atomic mass is 31.1. The minimum Gasteiger partial charge on any atom is -0.270 e. The molecule has 0 bridgehead atoms. The first kappa shape index (κ1) is 12.8. The molecule has 0 atom stereocenters. The summed E-state index contributed by atoms with van der Waals surface area (Å²) >= 11 is 0. The van der Waals surface area contributed by atoms with Gasteiger partial charge in [0.1, 0.15) is 0 Å². The quantitative estimate of drug-likeness (QED) is 0.604. The van der Waals surface area contributed by atoms with Crippen molar-refractivity contribution in [2.75, 3.05) is 0 Å². The van der Waals surface area contributed by atoms with Gasteiger partial charge in [0.05, 0.1) is 0 Å². The first-order valence-corrected chi connectivity index (χ1v) is 5.49. The lowest BCUT2D eigenvalue weighted by Crippen LogP contribution is -2.20. The molecule has 0 N–H and O–H groups in total. The van der Waals surface area contributed by atoms with E-state index >= 15 is 0 Å². The van der Waals surface area contributed by atoms with Crippen LogP contribution in [0, 0.1) is 10.8 Å². The van der Waals surface area contributed by atoms with Crippen molar-refractivity contribution < 1.29 is 4.57 Å². The van der Waals surface area contributed by atoms with Crippen LogP contribution < -0.4 is 0 Å². The normalized spacial score (nSPS) is 13.3. The Morgan fingerprint density at radius 3 is 2.00 bits per heavy atom. The summed E-state index contributed by atoms with van der Waals surface area (Å²) in [4.78, 5) is 0. The average molecular weight is 200 g/mol. The van der Waals surface area contributed by atoms with Crippen molar-refractivity contribution in [1.82, 2.24) is 0 Å². The van der Waals surface area contributed by atoms with Gasteiger partial charge < -0.3 is 0 Å². The second-order valence-corrected chi connectivity index (χ2v) is 6.55. The molecule has 0 aliphatic carbocycles. The summed E-state index contributed by atoms with van der Waals surface area (Å²) in [6.07, 6.45) is 1.96. The zero-order chi connectivity index (χ0) is 10.7. The van der Waals surface area contributed by atoms with E-state index in [0.29, 0.717) is 5.41 Å². The number of hydrogen-bond acceptors (Lipinski definition) is 1. The van der Waals surface area contributed by atoms with Gasteiger partial charge in [-0.15, -0.1) is 0 Å². The monoisotopic (exact) mass is 200 g/mol. The smallest absolute Gasteiger partial charge is 0.187 e. The molecule has 13 heavy (non-hydrogen) atoms. The van der Waals surface area contributed by atoms with E-state index in [1.165, 1.54) is 0 Å². The highest BCUT2D eigenvalue weighted by Gasteiger charge is 2.25. The highest BCUT2D eigenvalue weighted by Crippen LogP contribution is 2.39. The van der Waals surface area contributed by atoms with Crippen LogP contribution in [0.4, 0.5) is 0 Å². The molecule has 0 spiro atoms. The second kappa shape index (κ2) is 4.37. The molecule has 76 valence electrons. The Balaban J connectivity index is 4.24. The van der Waals surface area contributed by atoms with E-state index in [9.17, 15) is 4.57 Å². The predicted octanol–water partition coefficient (Wildman–Crippen LogP) is 4.64. The summed E-state index contributed by atoms with van der Waals surface area (Å²) < 4.78 is 10.5. The van der Waals surface area contributed by atoms with Crippen molar-refractivity contribution in [3.8, 4) is 0 Å². The van der Waals surface area contributed by atoms with Crippen LogP contribution in [0.3, 0.4) is 0 Å². The minimum atomic E-state index is 0.0901. The molecule has 2 heteroatoms. The number of rotatable bonds is 4. The minimum absolute atomic E-state index is 0.0901. The van der Waals surface area contributed by atoms with Crippen LogP contribution in [0.5, 0.6) is 0 Å². The maximum atomic E-state index is 10.5. The Hall–Kier alpha value is -0.160. The van der Waals surface area contributed by atoms with E-state index in [4.69, 9.17) is 0 Å². The standard InChI is InChI=1S/C11H21OP/c1-9(13-12)7-11(5,6)8-10(2,3)4/h1,7-8H2,2-6H3. The summed E-state index contributed by atoms with van der Waals surface area (Å²) in [6, 6.07) is 0. The summed E-state index contributed by atoms with van der Waals surface area (Å²) in [5.41, 5.74) is 0.524. The molecule has 0 aliphatic heterocycles. The maximum absolute atomic E-state index is 10.5. The van der Waals surface area contributed by atoms with Gasteiger partial charge in [-0.05, 0) is 23.7 Å². The lowest BCUT2D eigenvalue weighted by Gasteiger charge is -2.32. The van der Waals surface area contributed by atoms with E-state index < -0.39 is 0 Å². The number of hydrogen-bond donors (Lipinski definition) is 0. The molecule has 0 radical (unpaired) electrons. The van der Waals surface area contributed by atoms with E-state index in [1.54, 1.807) is 0 Å². The van der Waals surface area contributed by atoms with Gasteiger partial charge in [-0.3, -0.25) is 4.57 Å². The zero-order valence-electron chi connectivity index (χ0n) is 9.48. The SMILES string of the molecule is C=C(CC(C)(C)CC(C)(C)C)P=O. The van der Waals surface area contributed by atoms with Crippen molar-refractivity contribution in [2.24, 2.45) is 10.8 Å². The van der Waals surface area contributed by atoms with Gasteiger partial charge >= 0.3 is 0 Å². The van der Waals surface area contributed by atoms with Gasteiger partial charge in [-0.25, -0.2) is 0 Å². The number of allylic oxidation sites excluding steroid dienone is 1. The Morgan fingerprint density at radius 1 is 1.23 bits per heavy atom. The third kappa shape index (κ3) is 6.95. The maximum Gasteiger partial charge on any atom is 0.187 e. The lowest BCUT2D eigenvalue weighted by molar-refractivity contribution is 0.213. The molecule has 0 aromatic heterocycles. The van der Waals surface area contributed by atoms with Crippen molar-refractivity contribution in [2.45, 2.75) is 47.5 Å². The van der Waals surface area contributed by atoms with Gasteiger partial charge in [0, 0.05) is 5.31 Å². The summed E-state index contributed by atoms with van der Waals surface area (Å²) in [5, 5.41) is 0.800. The van der Waals surface area contributed by atoms with Crippen LogP contribution in [0.1, 0.15) is 47.5 Å². The molecule has 1 nitrogen and oxygen atoms in total. The van der Waals surface area contributed by atoms with Crippen LogP contribution >= 0.6 is 8.46 Å². The fourth-order valence-electron chi connectivity index (χ4n) is 2.08. The van der Waals surface area contributed by atoms with Gasteiger partial charge in [-0.1, -0.05) is 41.2 Å². The molecule has 0 saturated heterocycles. The summed E-state index contributed by atoms with van der Waals surface area (Å²) in [7, 11) is 0.0901. The van der Waals surface area contributed by atoms with Crippen LogP contribution in [0.25, 0.3) is 0 Å². The van der Waals surface area contributed by atoms with Crippen LogP contribution in [0.2, 0.25) is 0 Å². The fourth-order valence-corrected chi connectivity index (χ4v) is 2.58. The first-order chi connectivity index (χ1) is 5.66. The van der Waals surface area contributed by atoms with Crippen LogP contribution in [-0.2, 0) is 4.57 Å². The van der Waals surface area contributed by atoms with Crippen molar-refractivity contribution in [3.05, 3.63) is 11.9 Å². The zero-order valence-corrected chi connectivity index (χ0v) is 10.4. The summed E-state index contributed by atoms with van der Waals surface area (Å²) in [5.74, 6) is 0. The molecule has 0 aliphatic rings. The molecule has 0 rings (SSSR count). The van der Waals surface area contributed by atoms with E-state index in [-0.39, 0.29) is 13.9 Å². The van der Waals surface area contributed by atoms with Gasteiger partial charge in [-0.2, -0.15) is 0 Å². The molecule has 0 saturated carbocycles. The Bertz CT molecular complexity index is 199. The van der Waals surface area contributed by atoms with Gasteiger partial charge in [0.15, 0.2) is 8.46 Å². The van der Waals surface area contributed by atoms with E-state index in [1.807, 2.05) is 0 Å². The molecule has 0 unspecified atom stereocenters. The third-order valence-corrected chi connectivity index (χ3v) is 2.24. The van der Waals surface area contributed by atoms with Crippen LogP contribution in [0.15, 0.2) is 11.9 Å². The lowest BCUT2D eigenvalue weighted by atomic mass is 9.74. The van der Waals surface area contributed by atoms with E-state index in [2.05, 4.69) is 41.2 Å². The molecular formula is C11H21OP.